The number of nitrogens with two attached hydrogens (primary N) is 1. The average Bonchev–Trinajstić information content (AvgIpc) is 2.42. The third kappa shape index (κ3) is 2.81. The van der Waals surface area contributed by atoms with Crippen LogP contribution in [-0.2, 0) is 6.54 Å². The highest BCUT2D eigenvalue weighted by molar-refractivity contribution is 5.39. The van der Waals surface area contributed by atoms with E-state index in [0.29, 0.717) is 10.9 Å². The first-order valence-electron chi connectivity index (χ1n) is 4.07. The molecule has 16 heavy (non-hydrogen) atoms. The van der Waals surface area contributed by atoms with Gasteiger partial charge in [-0.1, -0.05) is 0 Å². The number of hydrogen-bond donors (Lipinski definition) is 2. The molecule has 9 heteroatoms. The number of nitrogen functional groups attached to an aromatic ring is 1. The van der Waals surface area contributed by atoms with E-state index in [1.54, 1.807) is 0 Å². The Morgan fingerprint density at radius 1 is 1.44 bits per heavy atom. The highest BCUT2D eigenvalue weighted by Crippen LogP contribution is 2.34. The fraction of sp³-hybridized carbons (Fsp3) is 0.571. The fourth-order valence-electron chi connectivity index (χ4n) is 1.07. The summed E-state index contributed by atoms with van der Waals surface area (Å²) in [6.07, 6.45) is -9.85. The number of nitrogens with zero attached hydrogens (tertiary/aromatic N) is 2. The predicted molar refractivity (Wildman–Crippen MR) is 43.7 cm³/mol. The van der Waals surface area contributed by atoms with Crippen molar-refractivity contribution in [1.29, 1.82) is 0 Å². The Hall–Kier alpha value is -1.38. The summed E-state index contributed by atoms with van der Waals surface area (Å²) >= 11 is 0. The molecule has 1 rings (SSSR count). The maximum atomic E-state index is 12.1. The van der Waals surface area contributed by atoms with E-state index >= 15 is 0 Å². The lowest BCUT2D eigenvalue weighted by Crippen LogP contribution is -2.20. The molecule has 0 fully saturated rings. The Balaban J connectivity index is 2.93. The monoisotopic (exact) mass is 245 g/mol. The number of aromatic nitrogens is 2. The summed E-state index contributed by atoms with van der Waals surface area (Å²) in [4.78, 5) is 0. The molecule has 0 bridgehead atoms. The van der Waals surface area contributed by atoms with Gasteiger partial charge in [0.2, 0.25) is 0 Å². The molecule has 1 unspecified atom stereocenters. The second kappa shape index (κ2) is 4.24. The molecule has 1 aromatic heterocycles. The summed E-state index contributed by atoms with van der Waals surface area (Å²) in [6.45, 7) is -0.880. The van der Waals surface area contributed by atoms with Crippen LogP contribution in [0.1, 0.15) is 11.7 Å². The van der Waals surface area contributed by atoms with Crippen LogP contribution in [0.3, 0.4) is 0 Å². The van der Waals surface area contributed by atoms with Gasteiger partial charge in [-0.3, -0.25) is 4.68 Å². The van der Waals surface area contributed by atoms with Crippen molar-refractivity contribution in [2.45, 2.75) is 25.3 Å². The van der Waals surface area contributed by atoms with Crippen molar-refractivity contribution in [2.75, 3.05) is 5.73 Å². The Labute approximate surface area is 86.5 Å². The van der Waals surface area contributed by atoms with Crippen molar-refractivity contribution >= 4 is 5.82 Å². The Kier molecular flexibility index (Phi) is 3.36. The molecule has 0 aliphatic carbocycles. The Morgan fingerprint density at radius 3 is 2.44 bits per heavy atom. The van der Waals surface area contributed by atoms with Gasteiger partial charge in [0.1, 0.15) is 6.54 Å². The lowest BCUT2D eigenvalue weighted by molar-refractivity contribution is -0.206. The van der Waals surface area contributed by atoms with Crippen LogP contribution in [0.25, 0.3) is 0 Å². The van der Waals surface area contributed by atoms with E-state index in [2.05, 4.69) is 5.10 Å². The van der Waals surface area contributed by atoms with Crippen molar-refractivity contribution in [2.24, 2.45) is 0 Å². The summed E-state index contributed by atoms with van der Waals surface area (Å²) in [5.74, 6) is -0.620. The van der Waals surface area contributed by atoms with Crippen LogP contribution in [0.4, 0.5) is 27.8 Å². The molecule has 0 spiro atoms. The number of hydrogen-bond acceptors (Lipinski definition) is 3. The highest BCUT2D eigenvalue weighted by atomic mass is 19.4. The van der Waals surface area contributed by atoms with E-state index in [1.807, 2.05) is 0 Å². The minimum Gasteiger partial charge on any atom is -0.382 e. The average molecular weight is 245 g/mol. The first kappa shape index (κ1) is 12.7. The van der Waals surface area contributed by atoms with Crippen molar-refractivity contribution in [3.8, 4) is 0 Å². The smallest absolute Gasteiger partial charge is 0.382 e. The van der Waals surface area contributed by atoms with E-state index in [1.165, 1.54) is 0 Å². The first-order valence-corrected chi connectivity index (χ1v) is 4.07. The van der Waals surface area contributed by atoms with Crippen LogP contribution in [0.15, 0.2) is 6.20 Å². The molecule has 0 saturated heterocycles. The third-order valence-electron chi connectivity index (χ3n) is 1.75. The number of aliphatic hydroxyl groups excluding tert-OH is 1. The maximum Gasteiger partial charge on any atom is 0.418 e. The Bertz CT molecular complexity index is 361. The van der Waals surface area contributed by atoms with Gasteiger partial charge < -0.3 is 10.8 Å². The van der Waals surface area contributed by atoms with Crippen molar-refractivity contribution in [1.82, 2.24) is 9.78 Å². The molecule has 0 radical (unpaired) electrons. The molecular formula is C7H8F5N3O. The summed E-state index contributed by atoms with van der Waals surface area (Å²) in [5, 5.41) is 12.1. The number of rotatable bonds is 3. The number of anilines is 1. The zero-order valence-corrected chi connectivity index (χ0v) is 7.75. The molecule has 4 nitrogen and oxygen atoms in total. The van der Waals surface area contributed by atoms with Crippen LogP contribution in [-0.4, -0.2) is 27.5 Å². The molecule has 0 saturated carbocycles. The van der Waals surface area contributed by atoms with Gasteiger partial charge in [0, 0.05) is 6.20 Å². The van der Waals surface area contributed by atoms with Crippen molar-refractivity contribution in [3.63, 3.8) is 0 Å². The minimum absolute atomic E-state index is 0.560. The zero-order valence-electron chi connectivity index (χ0n) is 7.75. The number of halogens is 5. The first-order chi connectivity index (χ1) is 7.21. The quantitative estimate of drug-likeness (QED) is 0.789. The molecule has 0 aliphatic heterocycles. The van der Waals surface area contributed by atoms with Gasteiger partial charge in [-0.15, -0.1) is 0 Å². The second-order valence-electron chi connectivity index (χ2n) is 3.03. The van der Waals surface area contributed by atoms with Crippen LogP contribution < -0.4 is 5.73 Å². The van der Waals surface area contributed by atoms with Crippen molar-refractivity contribution in [3.05, 3.63) is 11.8 Å². The summed E-state index contributed by atoms with van der Waals surface area (Å²) in [6, 6.07) is 0. The summed E-state index contributed by atoms with van der Waals surface area (Å²) < 4.78 is 60.7. The maximum absolute atomic E-state index is 12.1. The van der Waals surface area contributed by atoms with E-state index in [0.717, 1.165) is 0 Å². The zero-order chi connectivity index (χ0) is 12.5. The van der Waals surface area contributed by atoms with E-state index in [-0.39, 0.29) is 0 Å². The standard InChI is InChI=1S/C7H8F5N3O/c8-4(9)2-15-1-3(6(13)14-15)5(16)7(10,11)12/h1,4-5,16H,2H2,(H2,13,14). The van der Waals surface area contributed by atoms with Gasteiger partial charge in [-0.05, 0) is 0 Å². The van der Waals surface area contributed by atoms with Crippen LogP contribution in [0, 0.1) is 0 Å². The molecule has 1 atom stereocenters. The summed E-state index contributed by atoms with van der Waals surface area (Å²) in [5.41, 5.74) is 4.35. The summed E-state index contributed by atoms with van der Waals surface area (Å²) in [7, 11) is 0. The molecule has 0 aliphatic rings. The fourth-order valence-corrected chi connectivity index (χ4v) is 1.07. The topological polar surface area (TPSA) is 64.1 Å². The van der Waals surface area contributed by atoms with Gasteiger partial charge in [-0.25, -0.2) is 8.78 Å². The highest BCUT2D eigenvalue weighted by Gasteiger charge is 2.41. The van der Waals surface area contributed by atoms with Crippen molar-refractivity contribution < 1.29 is 27.1 Å². The molecule has 92 valence electrons. The molecule has 3 N–H and O–H groups in total. The largest absolute Gasteiger partial charge is 0.418 e. The minimum atomic E-state index is -4.91. The predicted octanol–water partition coefficient (Wildman–Crippen LogP) is 1.33. The van der Waals surface area contributed by atoms with Gasteiger partial charge in [0.15, 0.2) is 11.9 Å². The molecule has 1 aromatic rings. The van der Waals surface area contributed by atoms with Gasteiger partial charge in [0.25, 0.3) is 6.43 Å². The SMILES string of the molecule is Nc1nn(CC(F)F)cc1C(O)C(F)(F)F. The molecule has 0 aromatic carbocycles. The van der Waals surface area contributed by atoms with E-state index in [9.17, 15) is 22.0 Å². The van der Waals surface area contributed by atoms with Crippen LogP contribution in [0.2, 0.25) is 0 Å². The number of aliphatic hydroxyl groups is 1. The van der Waals surface area contributed by atoms with Gasteiger partial charge in [-0.2, -0.15) is 18.3 Å². The van der Waals surface area contributed by atoms with Crippen LogP contribution in [0.5, 0.6) is 0 Å². The number of alkyl halides is 5. The van der Waals surface area contributed by atoms with Crippen LogP contribution >= 0.6 is 0 Å². The lowest BCUT2D eigenvalue weighted by Gasteiger charge is -2.12. The second-order valence-corrected chi connectivity index (χ2v) is 3.03. The van der Waals surface area contributed by atoms with E-state index in [4.69, 9.17) is 10.8 Å². The van der Waals surface area contributed by atoms with E-state index < -0.39 is 36.6 Å². The lowest BCUT2D eigenvalue weighted by atomic mass is 10.2. The Morgan fingerprint density at radius 2 is 2.00 bits per heavy atom. The molecular weight excluding hydrogens is 237 g/mol. The normalized spacial score (nSPS) is 14.4. The molecule has 1 heterocycles. The third-order valence-corrected chi connectivity index (χ3v) is 1.75. The van der Waals surface area contributed by atoms with Gasteiger partial charge >= 0.3 is 6.18 Å². The van der Waals surface area contributed by atoms with Gasteiger partial charge in [0.05, 0.1) is 5.56 Å². The molecule has 0 amide bonds.